The van der Waals surface area contributed by atoms with Crippen LogP contribution in [0.4, 0.5) is 4.39 Å². The van der Waals surface area contributed by atoms with Crippen LogP contribution in [0.1, 0.15) is 39.7 Å². The van der Waals surface area contributed by atoms with Crippen LogP contribution in [-0.4, -0.2) is 60.6 Å². The maximum atomic E-state index is 13.7. The van der Waals surface area contributed by atoms with Crippen LogP contribution < -0.4 is 4.74 Å². The van der Waals surface area contributed by atoms with Crippen molar-refractivity contribution in [1.82, 2.24) is 9.80 Å². The van der Waals surface area contributed by atoms with Gasteiger partial charge in [-0.25, -0.2) is 4.39 Å². The van der Waals surface area contributed by atoms with Crippen LogP contribution in [0.2, 0.25) is 5.02 Å². The zero-order valence-corrected chi connectivity index (χ0v) is 21.8. The van der Waals surface area contributed by atoms with Gasteiger partial charge in [0.2, 0.25) is 5.91 Å². The van der Waals surface area contributed by atoms with Gasteiger partial charge in [0.05, 0.1) is 12.1 Å². The van der Waals surface area contributed by atoms with E-state index in [4.69, 9.17) is 21.1 Å². The largest absolute Gasteiger partial charge is 0.491 e. The van der Waals surface area contributed by atoms with E-state index in [1.54, 1.807) is 35.6 Å². The Kier molecular flexibility index (Phi) is 8.08. The van der Waals surface area contributed by atoms with Crippen molar-refractivity contribution in [2.45, 2.75) is 31.4 Å². The number of fused-ring (bicyclic) bond motifs is 1. The molecule has 2 aliphatic heterocycles. The second kappa shape index (κ2) is 11.6. The predicted octanol–water partition coefficient (Wildman–Crippen LogP) is 5.37. The number of halogens is 2. The van der Waals surface area contributed by atoms with Gasteiger partial charge in [-0.3, -0.25) is 9.59 Å². The van der Waals surface area contributed by atoms with Crippen LogP contribution >= 0.6 is 22.9 Å². The monoisotopic (exact) mass is 542 g/mol. The van der Waals surface area contributed by atoms with Crippen molar-refractivity contribution in [3.05, 3.63) is 86.8 Å². The predicted molar refractivity (Wildman–Crippen MR) is 141 cm³/mol. The summed E-state index contributed by atoms with van der Waals surface area (Å²) in [6.07, 6.45) is 2.40. The second-order valence-electron chi connectivity index (χ2n) is 9.24. The van der Waals surface area contributed by atoms with Crippen LogP contribution in [0.5, 0.6) is 5.75 Å². The summed E-state index contributed by atoms with van der Waals surface area (Å²) >= 11 is 7.68. The maximum absolute atomic E-state index is 13.7. The zero-order valence-electron chi connectivity index (χ0n) is 20.3. The first-order chi connectivity index (χ1) is 18.0. The highest BCUT2D eigenvalue weighted by molar-refractivity contribution is 7.10. The fourth-order valence-electron chi connectivity index (χ4n) is 4.86. The third kappa shape index (κ3) is 6.14. The number of hydrogen-bond acceptors (Lipinski definition) is 5. The standard InChI is InChI=1S/C28H28ClFN2O4S/c29-20-5-9-22(10-6-20)36-18-25-24-12-15-37-26(24)11-13-32(25)27(33)17-31(16-23-2-1-14-35-23)28(34)19-3-7-21(30)8-4-19/h3-10,12,15,23,25H,1-2,11,13-14,16-18H2/t23-,25+/m0/s1. The van der Waals surface area contributed by atoms with E-state index in [-0.39, 0.29) is 37.1 Å². The molecule has 2 aromatic carbocycles. The van der Waals surface area contributed by atoms with Gasteiger partial charge in [-0.1, -0.05) is 11.6 Å². The molecule has 2 atom stereocenters. The Hall–Kier alpha value is -2.94. The highest BCUT2D eigenvalue weighted by atomic mass is 35.5. The molecule has 3 heterocycles. The molecule has 6 nitrogen and oxygen atoms in total. The van der Waals surface area contributed by atoms with E-state index in [9.17, 15) is 14.0 Å². The summed E-state index contributed by atoms with van der Waals surface area (Å²) in [6, 6.07) is 14.3. The van der Waals surface area contributed by atoms with Gasteiger partial charge in [-0.05, 0) is 84.8 Å². The zero-order chi connectivity index (χ0) is 25.8. The number of thiophene rings is 1. The highest BCUT2D eigenvalue weighted by Crippen LogP contribution is 2.34. The quantitative estimate of drug-likeness (QED) is 0.384. The number of nitrogens with zero attached hydrogens (tertiary/aromatic N) is 2. The lowest BCUT2D eigenvalue weighted by Gasteiger charge is -2.37. The average molecular weight is 543 g/mol. The minimum Gasteiger partial charge on any atom is -0.491 e. The molecule has 9 heteroatoms. The lowest BCUT2D eigenvalue weighted by Crippen LogP contribution is -2.49. The Labute approximate surface area is 224 Å². The van der Waals surface area contributed by atoms with Gasteiger partial charge in [-0.15, -0.1) is 11.3 Å². The van der Waals surface area contributed by atoms with E-state index in [2.05, 4.69) is 0 Å². The molecule has 2 amide bonds. The lowest BCUT2D eigenvalue weighted by molar-refractivity contribution is -0.135. The van der Waals surface area contributed by atoms with Crippen molar-refractivity contribution in [3.63, 3.8) is 0 Å². The summed E-state index contributed by atoms with van der Waals surface area (Å²) in [7, 11) is 0. The first-order valence-electron chi connectivity index (χ1n) is 12.4. The molecule has 2 aliphatic rings. The third-order valence-electron chi connectivity index (χ3n) is 6.79. The van der Waals surface area contributed by atoms with Crippen molar-refractivity contribution in [3.8, 4) is 5.75 Å². The molecule has 0 unspecified atom stereocenters. The number of carbonyl (C=O) groups is 2. The summed E-state index contributed by atoms with van der Waals surface area (Å²) in [5.74, 6) is -0.214. The van der Waals surface area contributed by atoms with E-state index in [1.807, 2.05) is 16.3 Å². The van der Waals surface area contributed by atoms with Crippen molar-refractivity contribution in [1.29, 1.82) is 0 Å². The number of ether oxygens (including phenoxy) is 2. The van der Waals surface area contributed by atoms with Crippen LogP contribution in [0.15, 0.2) is 60.0 Å². The van der Waals surface area contributed by atoms with Crippen LogP contribution in [0.3, 0.4) is 0 Å². The van der Waals surface area contributed by atoms with Gasteiger partial charge in [0.15, 0.2) is 0 Å². The van der Waals surface area contributed by atoms with E-state index < -0.39 is 5.82 Å². The van der Waals surface area contributed by atoms with Crippen molar-refractivity contribution < 1.29 is 23.5 Å². The van der Waals surface area contributed by atoms with Gasteiger partial charge in [0.1, 0.15) is 24.7 Å². The molecule has 0 N–H and O–H groups in total. The van der Waals surface area contributed by atoms with Gasteiger partial charge >= 0.3 is 0 Å². The molecule has 0 spiro atoms. The van der Waals surface area contributed by atoms with E-state index in [0.717, 1.165) is 24.8 Å². The maximum Gasteiger partial charge on any atom is 0.254 e. The molecule has 5 rings (SSSR count). The first kappa shape index (κ1) is 25.7. The van der Waals surface area contributed by atoms with Gasteiger partial charge < -0.3 is 19.3 Å². The lowest BCUT2D eigenvalue weighted by atomic mass is 10.00. The Balaban J connectivity index is 1.34. The molecule has 3 aromatic rings. The van der Waals surface area contributed by atoms with Crippen LogP contribution in [0.25, 0.3) is 0 Å². The van der Waals surface area contributed by atoms with Gasteiger partial charge in [0, 0.05) is 35.2 Å². The normalized spacial score (nSPS) is 18.9. The fraction of sp³-hybridized carbons (Fsp3) is 0.357. The number of hydrogen-bond donors (Lipinski definition) is 0. The fourth-order valence-corrected chi connectivity index (χ4v) is 5.92. The Morgan fingerprint density at radius 2 is 1.92 bits per heavy atom. The summed E-state index contributed by atoms with van der Waals surface area (Å²) in [5.41, 5.74) is 1.42. The molecular formula is C28H28ClFN2O4S. The number of rotatable bonds is 8. The minimum atomic E-state index is -0.415. The summed E-state index contributed by atoms with van der Waals surface area (Å²) < 4.78 is 25.3. The number of benzene rings is 2. The summed E-state index contributed by atoms with van der Waals surface area (Å²) in [4.78, 5) is 31.7. The highest BCUT2D eigenvalue weighted by Gasteiger charge is 2.34. The van der Waals surface area contributed by atoms with Crippen LogP contribution in [-0.2, 0) is 16.0 Å². The summed E-state index contributed by atoms with van der Waals surface area (Å²) in [6.45, 7) is 1.70. The molecule has 1 saturated heterocycles. The molecule has 0 bridgehead atoms. The molecule has 0 aliphatic carbocycles. The molecular weight excluding hydrogens is 515 g/mol. The third-order valence-corrected chi connectivity index (χ3v) is 8.04. The molecule has 0 saturated carbocycles. The molecule has 37 heavy (non-hydrogen) atoms. The van der Waals surface area contributed by atoms with Gasteiger partial charge in [0.25, 0.3) is 5.91 Å². The molecule has 194 valence electrons. The van der Waals surface area contributed by atoms with E-state index >= 15 is 0 Å². The van der Waals surface area contributed by atoms with Gasteiger partial charge in [-0.2, -0.15) is 0 Å². The molecule has 1 aromatic heterocycles. The SMILES string of the molecule is O=C(c1ccc(F)cc1)N(CC(=O)N1CCc2sccc2[C@H]1COc1ccc(Cl)cc1)C[C@@H]1CCCO1. The first-order valence-corrected chi connectivity index (χ1v) is 13.6. The Morgan fingerprint density at radius 1 is 1.14 bits per heavy atom. The Morgan fingerprint density at radius 3 is 2.65 bits per heavy atom. The number of carbonyl (C=O) groups excluding carboxylic acids is 2. The number of amides is 2. The smallest absolute Gasteiger partial charge is 0.254 e. The van der Waals surface area contributed by atoms with Crippen LogP contribution in [0, 0.1) is 5.82 Å². The van der Waals surface area contributed by atoms with E-state index in [1.165, 1.54) is 34.0 Å². The molecule has 0 radical (unpaired) electrons. The summed E-state index contributed by atoms with van der Waals surface area (Å²) in [5, 5.41) is 2.66. The molecule has 1 fully saturated rings. The van der Waals surface area contributed by atoms with E-state index in [0.29, 0.717) is 36.0 Å². The van der Waals surface area contributed by atoms with Crippen molar-refractivity contribution in [2.24, 2.45) is 0 Å². The Bertz CT molecular complexity index is 1230. The second-order valence-corrected chi connectivity index (χ2v) is 10.7. The van der Waals surface area contributed by atoms with Crippen molar-refractivity contribution >= 4 is 34.8 Å². The average Bonchev–Trinajstić information content (AvgIpc) is 3.60. The van der Waals surface area contributed by atoms with Crippen molar-refractivity contribution in [2.75, 3.05) is 32.8 Å². The topological polar surface area (TPSA) is 59.1 Å². The minimum absolute atomic E-state index is 0.0903.